The largest absolute Gasteiger partial charge is 0.444 e. The van der Waals surface area contributed by atoms with Crippen molar-refractivity contribution in [3.63, 3.8) is 0 Å². The number of ether oxygens (including phenoxy) is 1. The fourth-order valence-electron chi connectivity index (χ4n) is 7.60. The van der Waals surface area contributed by atoms with Crippen molar-refractivity contribution in [2.45, 2.75) is 106 Å². The Morgan fingerprint density at radius 1 is 0.981 bits per heavy atom. The van der Waals surface area contributed by atoms with E-state index in [1.165, 1.54) is 15.9 Å². The van der Waals surface area contributed by atoms with Crippen molar-refractivity contribution in [1.29, 1.82) is 0 Å². The number of allylic oxidation sites excluding steroid dienone is 1. The molecule has 5 amide bonds. The summed E-state index contributed by atoms with van der Waals surface area (Å²) in [5.41, 5.74) is 0.271. The number of hydrogen-bond acceptors (Lipinski definition) is 8. The van der Waals surface area contributed by atoms with Gasteiger partial charge in [0.15, 0.2) is 0 Å². The van der Waals surface area contributed by atoms with E-state index in [0.717, 1.165) is 18.4 Å². The highest BCUT2D eigenvalue weighted by molar-refractivity contribution is 7.91. The minimum Gasteiger partial charge on any atom is -0.444 e. The van der Waals surface area contributed by atoms with Crippen molar-refractivity contribution in [2.24, 2.45) is 5.92 Å². The third kappa shape index (κ3) is 8.09. The van der Waals surface area contributed by atoms with Crippen molar-refractivity contribution in [2.75, 3.05) is 6.54 Å². The Morgan fingerprint density at radius 3 is 2.53 bits per heavy atom. The van der Waals surface area contributed by atoms with Crippen molar-refractivity contribution >= 4 is 39.7 Å². The van der Waals surface area contributed by atoms with Crippen LogP contribution in [0.5, 0.6) is 0 Å². The maximum Gasteiger partial charge on any atom is 0.410 e. The number of nitrogens with one attached hydrogen (secondary N) is 3. The van der Waals surface area contributed by atoms with Crippen LogP contribution in [0.3, 0.4) is 0 Å². The van der Waals surface area contributed by atoms with Gasteiger partial charge in [-0.15, -0.1) is 0 Å². The molecule has 1 unspecified atom stereocenters. The maximum atomic E-state index is 14.4. The number of benzene rings is 2. The summed E-state index contributed by atoms with van der Waals surface area (Å²) < 4.78 is 48.0. The average molecular weight is 750 g/mol. The lowest BCUT2D eigenvalue weighted by Gasteiger charge is -2.30. The second-order valence-electron chi connectivity index (χ2n) is 14.8. The molecule has 2 aromatic carbocycles. The predicted octanol–water partition coefficient (Wildman–Crippen LogP) is 2.98. The number of carbonyl (C=O) groups is 5. The minimum atomic E-state index is -3.92. The van der Waals surface area contributed by atoms with Crippen molar-refractivity contribution in [3.05, 3.63) is 83.2 Å². The molecule has 0 bridgehead atoms. The van der Waals surface area contributed by atoms with Crippen LogP contribution in [-0.4, -0.2) is 83.5 Å². The van der Waals surface area contributed by atoms with E-state index in [9.17, 15) is 36.8 Å². The normalized spacial score (nSPS) is 27.9. The number of nitrogens with zero attached hydrogens (tertiary/aromatic N) is 2. The molecule has 13 nitrogen and oxygen atoms in total. The summed E-state index contributed by atoms with van der Waals surface area (Å²) >= 11 is 0. The van der Waals surface area contributed by atoms with Gasteiger partial charge in [-0.3, -0.25) is 28.8 Å². The van der Waals surface area contributed by atoms with Crippen LogP contribution in [0.25, 0.3) is 0 Å². The molecule has 0 radical (unpaired) electrons. The van der Waals surface area contributed by atoms with Gasteiger partial charge >= 0.3 is 6.09 Å². The SMILES string of the molecule is O=C(Cc1ccccc1)N[C@H]1CCCCC/C=C\[C@@H]2C[C@@]2(C(=O)NS(=O)(=O)C2CC2)NC(=O)C2C[C@@H](OC(=O)N3Cc4cccc(F)c4C3)CN2C1=O. The first-order valence-electron chi connectivity index (χ1n) is 18.3. The molecule has 15 heteroatoms. The molecule has 3 heterocycles. The monoisotopic (exact) mass is 749 g/mol. The number of carbonyl (C=O) groups excluding carboxylic acids is 5. The van der Waals surface area contributed by atoms with Gasteiger partial charge in [0, 0.05) is 24.4 Å². The molecule has 282 valence electrons. The van der Waals surface area contributed by atoms with Crippen LogP contribution in [0.4, 0.5) is 9.18 Å². The van der Waals surface area contributed by atoms with Crippen LogP contribution in [0.15, 0.2) is 60.7 Å². The number of amides is 5. The molecule has 53 heavy (non-hydrogen) atoms. The quantitative estimate of drug-likeness (QED) is 0.363. The first kappa shape index (κ1) is 36.6. The highest BCUT2D eigenvalue weighted by Crippen LogP contribution is 2.46. The molecular weight excluding hydrogens is 706 g/mol. The topological polar surface area (TPSA) is 171 Å². The minimum absolute atomic E-state index is 0.00590. The number of halogens is 1. The second-order valence-corrected chi connectivity index (χ2v) is 16.7. The number of hydrogen-bond donors (Lipinski definition) is 3. The number of fused-ring (bicyclic) bond motifs is 3. The Kier molecular flexibility index (Phi) is 10.3. The lowest BCUT2D eigenvalue weighted by molar-refractivity contribution is -0.142. The van der Waals surface area contributed by atoms with Crippen LogP contribution >= 0.6 is 0 Å². The Balaban J connectivity index is 1.13. The molecule has 3 fully saturated rings. The van der Waals surface area contributed by atoms with E-state index in [4.69, 9.17) is 4.74 Å². The van der Waals surface area contributed by atoms with Gasteiger partial charge in [0.2, 0.25) is 27.7 Å². The fraction of sp³-hybridized carbons (Fsp3) is 0.500. The molecule has 0 spiro atoms. The lowest BCUT2D eigenvalue weighted by Crippen LogP contribution is -2.58. The van der Waals surface area contributed by atoms with E-state index in [0.29, 0.717) is 43.2 Å². The van der Waals surface area contributed by atoms with Gasteiger partial charge in [-0.25, -0.2) is 17.6 Å². The summed E-state index contributed by atoms with van der Waals surface area (Å²) in [5.74, 6) is -3.33. The zero-order chi connectivity index (χ0) is 37.3. The third-order valence-electron chi connectivity index (χ3n) is 10.8. The smallest absolute Gasteiger partial charge is 0.410 e. The molecule has 2 aliphatic carbocycles. The van der Waals surface area contributed by atoms with Gasteiger partial charge in [0.05, 0.1) is 24.8 Å². The van der Waals surface area contributed by atoms with Gasteiger partial charge in [-0.05, 0) is 55.7 Å². The summed E-state index contributed by atoms with van der Waals surface area (Å²) in [6.07, 6.45) is 6.21. The van der Waals surface area contributed by atoms with Crippen LogP contribution in [0, 0.1) is 11.7 Å². The van der Waals surface area contributed by atoms with Gasteiger partial charge in [0.25, 0.3) is 5.91 Å². The Morgan fingerprint density at radius 2 is 1.77 bits per heavy atom. The van der Waals surface area contributed by atoms with Crippen molar-refractivity contribution in [3.8, 4) is 0 Å². The lowest BCUT2D eigenvalue weighted by atomic mass is 10.0. The molecule has 5 atom stereocenters. The number of rotatable bonds is 7. The van der Waals surface area contributed by atoms with Gasteiger partial charge in [-0.1, -0.05) is 67.5 Å². The molecule has 0 aromatic heterocycles. The molecule has 2 saturated carbocycles. The Bertz CT molecular complexity index is 1920. The summed E-state index contributed by atoms with van der Waals surface area (Å²) in [5, 5.41) is 5.03. The first-order chi connectivity index (χ1) is 25.4. The molecule has 5 aliphatic rings. The van der Waals surface area contributed by atoms with Gasteiger partial charge in [0.1, 0.15) is 29.5 Å². The standard InChI is InChI=1S/C38H44FN5O8S/c39-30-14-9-12-25-21-43(23-29(25)30)37(49)52-27-19-32-34(46)41-38(36(48)42-53(50,51)28-16-17-28)20-26(38)13-7-2-1-3-8-15-31(35(47)44(32)22-27)40-33(45)18-24-10-5-4-6-11-24/h4-7,9-14,26-28,31-32H,1-3,8,15-23H2,(H,40,45)(H,41,46)(H,42,48)/b13-7-/t26-,27-,31+,32?,38-/m1/s1. The zero-order valence-corrected chi connectivity index (χ0v) is 30.1. The predicted molar refractivity (Wildman–Crippen MR) is 189 cm³/mol. The van der Waals surface area contributed by atoms with Crippen LogP contribution < -0.4 is 15.4 Å². The van der Waals surface area contributed by atoms with E-state index in [2.05, 4.69) is 15.4 Å². The van der Waals surface area contributed by atoms with Gasteiger partial charge < -0.3 is 20.3 Å². The first-order valence-corrected chi connectivity index (χ1v) is 19.9. The summed E-state index contributed by atoms with van der Waals surface area (Å²) in [6.45, 7) is -0.0234. The number of sulfonamides is 1. The molecule has 7 rings (SSSR count). The van der Waals surface area contributed by atoms with Crippen molar-refractivity contribution in [1.82, 2.24) is 25.2 Å². The van der Waals surface area contributed by atoms with E-state index in [-0.39, 0.29) is 44.8 Å². The van der Waals surface area contributed by atoms with Crippen LogP contribution in [-0.2, 0) is 53.4 Å². The van der Waals surface area contributed by atoms with E-state index in [1.807, 2.05) is 42.5 Å². The molecule has 1 saturated heterocycles. The third-order valence-corrected chi connectivity index (χ3v) is 12.7. The van der Waals surface area contributed by atoms with E-state index < -0.39 is 74.5 Å². The Labute approximate surface area is 307 Å². The highest BCUT2D eigenvalue weighted by Gasteiger charge is 2.62. The van der Waals surface area contributed by atoms with E-state index in [1.54, 1.807) is 12.1 Å². The molecule has 3 aliphatic heterocycles. The Hall–Kier alpha value is -4.79. The summed E-state index contributed by atoms with van der Waals surface area (Å²) in [7, 11) is -3.92. The van der Waals surface area contributed by atoms with Crippen LogP contribution in [0.1, 0.15) is 74.5 Å². The molecular formula is C38H44FN5O8S. The average Bonchev–Trinajstić information content (AvgIpc) is 4.01. The zero-order valence-electron chi connectivity index (χ0n) is 29.3. The highest BCUT2D eigenvalue weighted by atomic mass is 32.2. The maximum absolute atomic E-state index is 14.4. The van der Waals surface area contributed by atoms with Crippen molar-refractivity contribution < 1.29 is 41.5 Å². The fourth-order valence-corrected chi connectivity index (χ4v) is 8.96. The molecule has 3 N–H and O–H groups in total. The van der Waals surface area contributed by atoms with E-state index >= 15 is 0 Å². The van der Waals surface area contributed by atoms with Crippen LogP contribution in [0.2, 0.25) is 0 Å². The molecule has 2 aromatic rings. The van der Waals surface area contributed by atoms with Gasteiger partial charge in [-0.2, -0.15) is 0 Å². The summed E-state index contributed by atoms with van der Waals surface area (Å²) in [4.78, 5) is 71.5. The summed E-state index contributed by atoms with van der Waals surface area (Å²) in [6, 6.07) is 11.5. The second kappa shape index (κ2) is 14.9.